The molecule has 1 fully saturated rings. The van der Waals surface area contributed by atoms with Crippen molar-refractivity contribution in [1.82, 2.24) is 9.88 Å². The fourth-order valence-corrected chi connectivity index (χ4v) is 4.79. The van der Waals surface area contributed by atoms with Crippen LogP contribution in [-0.4, -0.2) is 41.3 Å². The first-order chi connectivity index (χ1) is 16.1. The highest BCUT2D eigenvalue weighted by molar-refractivity contribution is 6.41. The molecule has 1 N–H and O–H groups in total. The molecule has 5 rings (SSSR count). The number of hydrogen-bond acceptors (Lipinski definition) is 4. The van der Waals surface area contributed by atoms with Gasteiger partial charge in [0.05, 0.1) is 17.2 Å². The lowest BCUT2D eigenvalue weighted by Crippen LogP contribution is -2.34. The van der Waals surface area contributed by atoms with Gasteiger partial charge < -0.3 is 14.6 Å². The molecule has 0 bridgehead atoms. The van der Waals surface area contributed by atoms with E-state index in [0.717, 1.165) is 47.9 Å². The van der Waals surface area contributed by atoms with Crippen LogP contribution in [0.3, 0.4) is 0 Å². The monoisotopic (exact) mass is 442 g/mol. The molecule has 6 nitrogen and oxygen atoms in total. The molecule has 1 amide bonds. The van der Waals surface area contributed by atoms with E-state index in [1.165, 1.54) is 0 Å². The first-order valence-corrected chi connectivity index (χ1v) is 11.5. The zero-order valence-electron chi connectivity index (χ0n) is 18.6. The first kappa shape index (κ1) is 21.3. The van der Waals surface area contributed by atoms with Crippen molar-refractivity contribution in [1.29, 1.82) is 0 Å². The standard InChI is InChI=1S/C27H26N2O4/c1-2-17-7-5-11-20-18(13-23-26(31)21-9-3-4-10-22(21)27(23)32)15-29(25(17)20)16-24(30)28-14-19-8-6-12-33-19/h3-5,7,9-11,13,15,19H,2,6,8,12,14,16H2,1H3,(H,28,30)/t19-/m0/s1. The van der Waals surface area contributed by atoms with E-state index in [-0.39, 0.29) is 35.7 Å². The third-order valence-corrected chi connectivity index (χ3v) is 6.46. The molecule has 1 aromatic heterocycles. The number of rotatable bonds is 6. The highest BCUT2D eigenvalue weighted by Crippen LogP contribution is 2.31. The zero-order chi connectivity index (χ0) is 22.9. The minimum Gasteiger partial charge on any atom is -0.376 e. The van der Waals surface area contributed by atoms with Crippen molar-refractivity contribution in [3.63, 3.8) is 0 Å². The Morgan fingerprint density at radius 1 is 1.12 bits per heavy atom. The molecule has 2 heterocycles. The smallest absolute Gasteiger partial charge is 0.240 e. The maximum atomic E-state index is 12.9. The molecule has 1 aliphatic carbocycles. The number of carbonyl (C=O) groups is 3. The predicted octanol–water partition coefficient (Wildman–Crippen LogP) is 3.96. The number of benzene rings is 2. The molecular weight excluding hydrogens is 416 g/mol. The number of aromatic nitrogens is 1. The number of nitrogens with zero attached hydrogens (tertiary/aromatic N) is 1. The number of hydrogen-bond donors (Lipinski definition) is 1. The molecule has 1 aliphatic heterocycles. The lowest BCUT2D eigenvalue weighted by atomic mass is 10.0. The number of Topliss-reactive ketones (excluding diaryl/α,β-unsaturated/α-hetero) is 2. The Morgan fingerprint density at radius 2 is 1.88 bits per heavy atom. The number of carbonyl (C=O) groups excluding carboxylic acids is 3. The van der Waals surface area contributed by atoms with Crippen LogP contribution in [0.25, 0.3) is 17.0 Å². The van der Waals surface area contributed by atoms with E-state index < -0.39 is 0 Å². The predicted molar refractivity (Wildman–Crippen MR) is 126 cm³/mol. The van der Waals surface area contributed by atoms with Gasteiger partial charge >= 0.3 is 0 Å². The van der Waals surface area contributed by atoms with E-state index in [1.807, 2.05) is 29.0 Å². The number of aryl methyl sites for hydroxylation is 1. The number of ketones is 2. The number of fused-ring (bicyclic) bond motifs is 2. The molecule has 6 heteroatoms. The van der Waals surface area contributed by atoms with Crippen molar-refractivity contribution in [2.24, 2.45) is 0 Å². The maximum Gasteiger partial charge on any atom is 0.240 e. The van der Waals surface area contributed by atoms with Crippen LogP contribution in [0.15, 0.2) is 54.2 Å². The number of nitrogens with one attached hydrogen (secondary N) is 1. The summed E-state index contributed by atoms with van der Waals surface area (Å²) in [5, 5.41) is 3.90. The van der Waals surface area contributed by atoms with Crippen molar-refractivity contribution >= 4 is 34.5 Å². The van der Waals surface area contributed by atoms with Crippen molar-refractivity contribution in [2.45, 2.75) is 38.8 Å². The second-order valence-corrected chi connectivity index (χ2v) is 8.58. The Labute approximate surface area is 192 Å². The fraction of sp³-hybridized carbons (Fsp3) is 0.296. The highest BCUT2D eigenvalue weighted by Gasteiger charge is 2.32. The van der Waals surface area contributed by atoms with E-state index in [9.17, 15) is 14.4 Å². The maximum absolute atomic E-state index is 12.9. The summed E-state index contributed by atoms with van der Waals surface area (Å²) in [4.78, 5) is 38.5. The van der Waals surface area contributed by atoms with Crippen LogP contribution in [0.4, 0.5) is 0 Å². The molecule has 2 aliphatic rings. The van der Waals surface area contributed by atoms with Gasteiger partial charge in [-0.1, -0.05) is 49.4 Å². The summed E-state index contributed by atoms with van der Waals surface area (Å²) < 4.78 is 7.51. The number of para-hydroxylation sites is 1. The normalized spacial score (nSPS) is 17.6. The van der Waals surface area contributed by atoms with Gasteiger partial charge in [0.25, 0.3) is 0 Å². The second kappa shape index (κ2) is 8.79. The first-order valence-electron chi connectivity index (χ1n) is 11.5. The lowest BCUT2D eigenvalue weighted by Gasteiger charge is -2.12. The molecule has 0 spiro atoms. The molecule has 0 unspecified atom stereocenters. The lowest BCUT2D eigenvalue weighted by molar-refractivity contribution is -0.122. The van der Waals surface area contributed by atoms with Crippen molar-refractivity contribution in [3.05, 3.63) is 76.5 Å². The van der Waals surface area contributed by atoms with Gasteiger partial charge in [0.1, 0.15) is 6.54 Å². The molecule has 2 aromatic carbocycles. The molecule has 0 saturated carbocycles. The zero-order valence-corrected chi connectivity index (χ0v) is 18.6. The van der Waals surface area contributed by atoms with Crippen LogP contribution >= 0.6 is 0 Å². The molecule has 1 atom stereocenters. The van der Waals surface area contributed by atoms with Crippen molar-refractivity contribution in [2.75, 3.05) is 13.2 Å². The Morgan fingerprint density at radius 3 is 2.55 bits per heavy atom. The number of allylic oxidation sites excluding steroid dienone is 1. The summed E-state index contributed by atoms with van der Waals surface area (Å²) in [6.07, 6.45) is 6.43. The van der Waals surface area contributed by atoms with E-state index >= 15 is 0 Å². The van der Waals surface area contributed by atoms with Crippen LogP contribution in [0.5, 0.6) is 0 Å². The van der Waals surface area contributed by atoms with Crippen LogP contribution < -0.4 is 5.32 Å². The topological polar surface area (TPSA) is 77.4 Å². The van der Waals surface area contributed by atoms with E-state index in [1.54, 1.807) is 30.3 Å². The second-order valence-electron chi connectivity index (χ2n) is 8.58. The van der Waals surface area contributed by atoms with Crippen LogP contribution in [0.2, 0.25) is 0 Å². The largest absolute Gasteiger partial charge is 0.376 e. The van der Waals surface area contributed by atoms with E-state index in [0.29, 0.717) is 17.7 Å². The molecule has 3 aromatic rings. The Balaban J connectivity index is 1.49. The van der Waals surface area contributed by atoms with Crippen molar-refractivity contribution < 1.29 is 19.1 Å². The molecule has 33 heavy (non-hydrogen) atoms. The average Bonchev–Trinajstić information content (AvgIpc) is 3.53. The summed E-state index contributed by atoms with van der Waals surface area (Å²) in [7, 11) is 0. The fourth-order valence-electron chi connectivity index (χ4n) is 4.79. The SMILES string of the molecule is CCc1cccc2c(C=C3C(=O)c4ccccc4C3=O)cn(CC(=O)NC[C@@H]3CCCO3)c12. The summed E-state index contributed by atoms with van der Waals surface area (Å²) in [6.45, 7) is 3.49. The Bertz CT molecular complexity index is 1260. The third-order valence-electron chi connectivity index (χ3n) is 6.46. The van der Waals surface area contributed by atoms with Gasteiger partial charge in [0.15, 0.2) is 11.6 Å². The van der Waals surface area contributed by atoms with Gasteiger partial charge in [-0.15, -0.1) is 0 Å². The average molecular weight is 443 g/mol. The van der Waals surface area contributed by atoms with Crippen molar-refractivity contribution in [3.8, 4) is 0 Å². The number of ether oxygens (including phenoxy) is 1. The highest BCUT2D eigenvalue weighted by atomic mass is 16.5. The van der Waals surface area contributed by atoms with Gasteiger partial charge in [-0.3, -0.25) is 14.4 Å². The Kier molecular flexibility index (Phi) is 5.68. The quantitative estimate of drug-likeness (QED) is 0.463. The van der Waals surface area contributed by atoms with Gasteiger partial charge in [0.2, 0.25) is 5.91 Å². The van der Waals surface area contributed by atoms with Gasteiger partial charge in [-0.2, -0.15) is 0 Å². The van der Waals surface area contributed by atoms with Crippen LogP contribution in [-0.2, 0) is 22.5 Å². The minimum atomic E-state index is -0.252. The molecule has 168 valence electrons. The summed E-state index contributed by atoms with van der Waals surface area (Å²) in [5.74, 6) is -0.595. The molecule has 1 saturated heterocycles. The van der Waals surface area contributed by atoms with Gasteiger partial charge in [-0.05, 0) is 30.9 Å². The van der Waals surface area contributed by atoms with E-state index in [2.05, 4.69) is 12.2 Å². The summed E-state index contributed by atoms with van der Waals surface area (Å²) >= 11 is 0. The van der Waals surface area contributed by atoms with Crippen LogP contribution in [0.1, 0.15) is 51.6 Å². The van der Waals surface area contributed by atoms with Gasteiger partial charge in [-0.25, -0.2) is 0 Å². The minimum absolute atomic E-state index is 0.0860. The summed E-state index contributed by atoms with van der Waals surface area (Å²) in [5.41, 5.74) is 3.88. The third kappa shape index (κ3) is 3.91. The Hall–Kier alpha value is -3.51. The molecule has 0 radical (unpaired) electrons. The van der Waals surface area contributed by atoms with Gasteiger partial charge in [0, 0.05) is 41.4 Å². The number of amides is 1. The summed E-state index contributed by atoms with van der Waals surface area (Å²) in [6, 6.07) is 12.9. The van der Waals surface area contributed by atoms with Crippen LogP contribution in [0, 0.1) is 0 Å². The molecular formula is C27H26N2O4. The van der Waals surface area contributed by atoms with E-state index in [4.69, 9.17) is 4.74 Å².